The number of hydrogen-bond donors (Lipinski definition) is 2. The van der Waals surface area contributed by atoms with E-state index in [4.69, 9.17) is 15.2 Å². The molecule has 0 aliphatic heterocycles. The molecule has 31 heavy (non-hydrogen) atoms. The molecule has 11 heteroatoms. The molecule has 3 rings (SSSR count). The van der Waals surface area contributed by atoms with Gasteiger partial charge in [-0.1, -0.05) is 30.0 Å². The van der Waals surface area contributed by atoms with Gasteiger partial charge in [-0.3, -0.25) is 4.79 Å². The summed E-state index contributed by atoms with van der Waals surface area (Å²) in [6, 6.07) is 12.9. The van der Waals surface area contributed by atoms with Crippen LogP contribution in [0, 0.1) is 0 Å². The van der Waals surface area contributed by atoms with Crippen LogP contribution in [0.25, 0.3) is 0 Å². The molecule has 3 aromatic rings. The Labute approximate surface area is 183 Å². The van der Waals surface area contributed by atoms with Crippen molar-refractivity contribution in [2.75, 3.05) is 31.0 Å². The standard InChI is InChI=1S/C20H20N4O5S2/c1-28-15-9-8-13(10-16(15)29-2)23-18(25)12-30-20-22-11-17(19(21)24-20)31(26,27)14-6-4-3-5-7-14/h3-11H,12H2,1-2H3,(H,23,25)(H2,21,22,24). The molecule has 0 aliphatic carbocycles. The molecular weight excluding hydrogens is 440 g/mol. The third-order valence-electron chi connectivity index (χ3n) is 4.10. The maximum atomic E-state index is 12.7. The number of nitrogens with zero attached hydrogens (tertiary/aromatic N) is 2. The number of hydrogen-bond acceptors (Lipinski definition) is 9. The number of thioether (sulfide) groups is 1. The van der Waals surface area contributed by atoms with Gasteiger partial charge in [0.25, 0.3) is 0 Å². The lowest BCUT2D eigenvalue weighted by Gasteiger charge is -2.10. The molecule has 0 bridgehead atoms. The molecule has 0 fully saturated rings. The van der Waals surface area contributed by atoms with E-state index in [9.17, 15) is 13.2 Å². The van der Waals surface area contributed by atoms with E-state index in [2.05, 4.69) is 15.3 Å². The van der Waals surface area contributed by atoms with Gasteiger partial charge in [0, 0.05) is 11.8 Å². The highest BCUT2D eigenvalue weighted by Gasteiger charge is 2.22. The molecule has 0 radical (unpaired) electrons. The highest BCUT2D eigenvalue weighted by atomic mass is 32.2. The molecule has 0 spiro atoms. The molecule has 162 valence electrons. The summed E-state index contributed by atoms with van der Waals surface area (Å²) < 4.78 is 35.7. The zero-order chi connectivity index (χ0) is 22.4. The average molecular weight is 461 g/mol. The van der Waals surface area contributed by atoms with Crippen LogP contribution in [0.2, 0.25) is 0 Å². The highest BCUT2D eigenvalue weighted by Crippen LogP contribution is 2.30. The Kier molecular flexibility index (Phi) is 6.98. The lowest BCUT2D eigenvalue weighted by Crippen LogP contribution is -2.15. The van der Waals surface area contributed by atoms with Crippen molar-refractivity contribution in [3.8, 4) is 11.5 Å². The summed E-state index contributed by atoms with van der Waals surface area (Å²) in [7, 11) is -0.806. The van der Waals surface area contributed by atoms with Crippen molar-refractivity contribution < 1.29 is 22.7 Å². The molecule has 0 saturated heterocycles. The molecular formula is C20H20N4O5S2. The smallest absolute Gasteiger partial charge is 0.234 e. The van der Waals surface area contributed by atoms with Gasteiger partial charge >= 0.3 is 0 Å². The normalized spacial score (nSPS) is 11.0. The summed E-state index contributed by atoms with van der Waals surface area (Å²) in [5.41, 5.74) is 6.40. The van der Waals surface area contributed by atoms with E-state index in [1.54, 1.807) is 36.4 Å². The lowest BCUT2D eigenvalue weighted by molar-refractivity contribution is -0.113. The minimum Gasteiger partial charge on any atom is -0.493 e. The van der Waals surface area contributed by atoms with E-state index < -0.39 is 9.84 Å². The average Bonchev–Trinajstić information content (AvgIpc) is 2.78. The first-order valence-corrected chi connectivity index (χ1v) is 11.4. The second-order valence-electron chi connectivity index (χ2n) is 6.13. The number of nitrogens with one attached hydrogen (secondary N) is 1. The summed E-state index contributed by atoms with van der Waals surface area (Å²) in [5, 5.41) is 2.92. The van der Waals surface area contributed by atoms with Gasteiger partial charge in [0.2, 0.25) is 15.7 Å². The molecule has 2 aromatic carbocycles. The van der Waals surface area contributed by atoms with Gasteiger partial charge < -0.3 is 20.5 Å². The molecule has 3 N–H and O–H groups in total. The molecule has 1 heterocycles. The number of amides is 1. The van der Waals surface area contributed by atoms with E-state index >= 15 is 0 Å². The van der Waals surface area contributed by atoms with Crippen LogP contribution in [0.1, 0.15) is 0 Å². The van der Waals surface area contributed by atoms with Crippen molar-refractivity contribution in [1.82, 2.24) is 9.97 Å². The Morgan fingerprint density at radius 1 is 1.10 bits per heavy atom. The Morgan fingerprint density at radius 3 is 2.45 bits per heavy atom. The zero-order valence-corrected chi connectivity index (χ0v) is 18.4. The zero-order valence-electron chi connectivity index (χ0n) is 16.7. The number of sulfone groups is 1. The van der Waals surface area contributed by atoms with Gasteiger partial charge in [0.05, 0.1) is 31.1 Å². The van der Waals surface area contributed by atoms with Crippen molar-refractivity contribution in [2.24, 2.45) is 0 Å². The van der Waals surface area contributed by atoms with Crippen LogP contribution in [0.5, 0.6) is 11.5 Å². The van der Waals surface area contributed by atoms with Crippen LogP contribution in [0.15, 0.2) is 69.7 Å². The minimum absolute atomic E-state index is 0.00142. The topological polar surface area (TPSA) is 133 Å². The molecule has 0 saturated carbocycles. The maximum absolute atomic E-state index is 12.7. The largest absolute Gasteiger partial charge is 0.493 e. The molecule has 1 amide bonds. The summed E-state index contributed by atoms with van der Waals surface area (Å²) >= 11 is 1.03. The fourth-order valence-electron chi connectivity index (χ4n) is 2.61. The Balaban J connectivity index is 1.66. The van der Waals surface area contributed by atoms with Crippen LogP contribution in [0.4, 0.5) is 11.5 Å². The van der Waals surface area contributed by atoms with Gasteiger partial charge in [-0.2, -0.15) is 0 Å². The van der Waals surface area contributed by atoms with Gasteiger partial charge in [-0.15, -0.1) is 0 Å². The number of nitrogen functional groups attached to an aromatic ring is 1. The number of anilines is 2. The number of benzene rings is 2. The fraction of sp³-hybridized carbons (Fsp3) is 0.150. The predicted octanol–water partition coefficient (Wildman–Crippen LogP) is 2.64. The van der Waals surface area contributed by atoms with E-state index in [1.807, 2.05) is 0 Å². The highest BCUT2D eigenvalue weighted by molar-refractivity contribution is 7.99. The predicted molar refractivity (Wildman–Crippen MR) is 117 cm³/mol. The minimum atomic E-state index is -3.83. The molecule has 9 nitrogen and oxygen atoms in total. The van der Waals surface area contributed by atoms with E-state index in [0.29, 0.717) is 17.2 Å². The van der Waals surface area contributed by atoms with Gasteiger partial charge in [0.15, 0.2) is 16.7 Å². The van der Waals surface area contributed by atoms with Crippen LogP contribution in [-0.2, 0) is 14.6 Å². The number of nitrogens with two attached hydrogens (primary N) is 1. The summed E-state index contributed by atoms with van der Waals surface area (Å²) in [5.74, 6) is 0.545. The number of carbonyl (C=O) groups is 1. The summed E-state index contributed by atoms with van der Waals surface area (Å²) in [6.45, 7) is 0. The SMILES string of the molecule is COc1ccc(NC(=O)CSc2ncc(S(=O)(=O)c3ccccc3)c(N)n2)cc1OC. The first-order chi connectivity index (χ1) is 14.8. The van der Waals surface area contributed by atoms with Gasteiger partial charge in [-0.25, -0.2) is 18.4 Å². The van der Waals surface area contributed by atoms with Crippen LogP contribution in [0.3, 0.4) is 0 Å². The van der Waals surface area contributed by atoms with Gasteiger partial charge in [0.1, 0.15) is 10.7 Å². The Morgan fingerprint density at radius 2 is 1.81 bits per heavy atom. The summed E-state index contributed by atoms with van der Waals surface area (Å²) in [4.78, 5) is 20.2. The third kappa shape index (κ3) is 5.25. The first kappa shape index (κ1) is 22.4. The molecule has 0 unspecified atom stereocenters. The van der Waals surface area contributed by atoms with Crippen molar-refractivity contribution in [3.05, 3.63) is 54.7 Å². The molecule has 0 aliphatic rings. The lowest BCUT2D eigenvalue weighted by atomic mass is 10.2. The number of ether oxygens (including phenoxy) is 2. The quantitative estimate of drug-likeness (QED) is 0.384. The Hall–Kier alpha value is -3.31. The third-order valence-corrected chi connectivity index (χ3v) is 6.75. The van der Waals surface area contributed by atoms with E-state index in [1.165, 1.54) is 26.4 Å². The van der Waals surface area contributed by atoms with Gasteiger partial charge in [-0.05, 0) is 24.3 Å². The molecule has 0 atom stereocenters. The van der Waals surface area contributed by atoms with Crippen molar-refractivity contribution in [3.63, 3.8) is 0 Å². The van der Waals surface area contributed by atoms with E-state index in [-0.39, 0.29) is 32.4 Å². The molecule has 1 aromatic heterocycles. The van der Waals surface area contributed by atoms with Crippen molar-refractivity contribution >= 4 is 39.0 Å². The number of methoxy groups -OCH3 is 2. The van der Waals surface area contributed by atoms with Crippen molar-refractivity contribution in [2.45, 2.75) is 14.9 Å². The second-order valence-corrected chi connectivity index (χ2v) is 8.99. The van der Waals surface area contributed by atoms with Crippen LogP contribution in [-0.4, -0.2) is 44.3 Å². The van der Waals surface area contributed by atoms with E-state index in [0.717, 1.165) is 18.0 Å². The maximum Gasteiger partial charge on any atom is 0.234 e. The second kappa shape index (κ2) is 9.67. The number of carbonyl (C=O) groups excluding carboxylic acids is 1. The van der Waals surface area contributed by atoms with Crippen LogP contribution < -0.4 is 20.5 Å². The number of aromatic nitrogens is 2. The fourth-order valence-corrected chi connectivity index (χ4v) is 4.52. The van der Waals surface area contributed by atoms with Crippen LogP contribution >= 0.6 is 11.8 Å². The number of rotatable bonds is 8. The Bertz CT molecular complexity index is 1190. The summed E-state index contributed by atoms with van der Waals surface area (Å²) in [6.07, 6.45) is 1.15. The van der Waals surface area contributed by atoms with Crippen molar-refractivity contribution in [1.29, 1.82) is 0 Å². The first-order valence-electron chi connectivity index (χ1n) is 8.92. The monoisotopic (exact) mass is 460 g/mol.